The SMILES string of the molecule is N#Cc1c(N)nc2c(c1-c1cccc(F)c1)c(=O)[nH]c1scc[n+]12. The number of H-pyrrole nitrogens is 1. The van der Waals surface area contributed by atoms with Gasteiger partial charge < -0.3 is 5.73 Å². The molecule has 0 radical (unpaired) electrons. The number of aromatic nitrogens is 3. The first-order valence-electron chi connectivity index (χ1n) is 6.90. The van der Waals surface area contributed by atoms with E-state index in [1.54, 1.807) is 22.0 Å². The number of nitrogens with one attached hydrogen (secondary N) is 1. The van der Waals surface area contributed by atoms with E-state index in [1.165, 1.54) is 29.5 Å². The Morgan fingerprint density at radius 3 is 3.00 bits per heavy atom. The van der Waals surface area contributed by atoms with E-state index in [2.05, 4.69) is 9.97 Å². The second-order valence-electron chi connectivity index (χ2n) is 5.10. The molecule has 6 nitrogen and oxygen atoms in total. The van der Waals surface area contributed by atoms with Crippen molar-refractivity contribution in [2.45, 2.75) is 0 Å². The van der Waals surface area contributed by atoms with Crippen molar-refractivity contribution in [3.05, 3.63) is 57.6 Å². The molecule has 0 fully saturated rings. The number of aromatic amines is 1. The van der Waals surface area contributed by atoms with Crippen molar-refractivity contribution in [2.24, 2.45) is 0 Å². The summed E-state index contributed by atoms with van der Waals surface area (Å²) in [6.07, 6.45) is 1.74. The third-order valence-corrected chi connectivity index (χ3v) is 4.50. The number of hydrogen-bond donors (Lipinski definition) is 2. The number of anilines is 1. The fourth-order valence-corrected chi connectivity index (χ4v) is 3.45. The number of nitrogen functional groups attached to an aromatic ring is 1. The third kappa shape index (κ3) is 1.96. The molecule has 0 saturated heterocycles. The van der Waals surface area contributed by atoms with Crippen LogP contribution in [0.3, 0.4) is 0 Å². The predicted octanol–water partition coefficient (Wildman–Crippen LogP) is 1.98. The van der Waals surface area contributed by atoms with Crippen molar-refractivity contribution in [3.8, 4) is 17.2 Å². The molecule has 0 spiro atoms. The van der Waals surface area contributed by atoms with E-state index in [1.807, 2.05) is 6.07 Å². The third-order valence-electron chi connectivity index (χ3n) is 3.72. The van der Waals surface area contributed by atoms with Crippen LogP contribution in [0.2, 0.25) is 0 Å². The highest BCUT2D eigenvalue weighted by molar-refractivity contribution is 7.14. The van der Waals surface area contributed by atoms with Crippen LogP contribution in [0.25, 0.3) is 27.1 Å². The molecule has 0 amide bonds. The smallest absolute Gasteiger partial charge is 0.319 e. The fourth-order valence-electron chi connectivity index (χ4n) is 2.72. The van der Waals surface area contributed by atoms with Gasteiger partial charge in [-0.3, -0.25) is 4.79 Å². The van der Waals surface area contributed by atoms with Gasteiger partial charge >= 0.3 is 5.56 Å². The number of nitriles is 1. The second-order valence-corrected chi connectivity index (χ2v) is 5.99. The van der Waals surface area contributed by atoms with Crippen LogP contribution < -0.4 is 15.7 Å². The van der Waals surface area contributed by atoms with Crippen LogP contribution in [-0.4, -0.2) is 9.97 Å². The van der Waals surface area contributed by atoms with E-state index in [9.17, 15) is 14.4 Å². The van der Waals surface area contributed by atoms with Crippen molar-refractivity contribution in [1.82, 2.24) is 9.97 Å². The Morgan fingerprint density at radius 2 is 2.25 bits per heavy atom. The van der Waals surface area contributed by atoms with Crippen LogP contribution in [0.15, 0.2) is 40.6 Å². The molecule has 0 bridgehead atoms. The number of hydrogen-bond acceptors (Lipinski definition) is 5. The number of fused-ring (bicyclic) bond motifs is 3. The van der Waals surface area contributed by atoms with E-state index in [4.69, 9.17) is 5.73 Å². The maximum absolute atomic E-state index is 13.7. The molecule has 24 heavy (non-hydrogen) atoms. The largest absolute Gasteiger partial charge is 0.369 e. The van der Waals surface area contributed by atoms with Gasteiger partial charge in [0.05, 0.1) is 6.20 Å². The van der Waals surface area contributed by atoms with Crippen LogP contribution in [0.4, 0.5) is 10.2 Å². The van der Waals surface area contributed by atoms with Crippen LogP contribution >= 0.6 is 11.3 Å². The van der Waals surface area contributed by atoms with Gasteiger partial charge in [-0.1, -0.05) is 28.5 Å². The summed E-state index contributed by atoms with van der Waals surface area (Å²) in [5.74, 6) is -0.476. The Morgan fingerprint density at radius 1 is 1.42 bits per heavy atom. The van der Waals surface area contributed by atoms with E-state index < -0.39 is 11.4 Å². The number of thiazole rings is 1. The topological polar surface area (TPSA) is 99.7 Å². The van der Waals surface area contributed by atoms with Gasteiger partial charge in [-0.25, -0.2) is 9.37 Å². The lowest BCUT2D eigenvalue weighted by Crippen LogP contribution is -2.28. The van der Waals surface area contributed by atoms with Crippen molar-refractivity contribution >= 4 is 33.1 Å². The number of benzene rings is 1. The predicted molar refractivity (Wildman–Crippen MR) is 87.9 cm³/mol. The highest BCUT2D eigenvalue weighted by atomic mass is 32.1. The molecule has 4 aromatic rings. The fraction of sp³-hybridized carbons (Fsp3) is 0. The lowest BCUT2D eigenvalue weighted by atomic mass is 9.98. The minimum Gasteiger partial charge on any atom is -0.369 e. The molecule has 3 aromatic heterocycles. The Balaban J connectivity index is 2.30. The Bertz CT molecular complexity index is 1220. The molecule has 3 heterocycles. The number of nitrogens with zero attached hydrogens (tertiary/aromatic N) is 3. The Kier molecular flexibility index (Phi) is 3.04. The highest BCUT2D eigenvalue weighted by Gasteiger charge is 2.25. The molecule has 3 N–H and O–H groups in total. The zero-order chi connectivity index (χ0) is 16.8. The van der Waals surface area contributed by atoms with E-state index in [0.29, 0.717) is 16.2 Å². The molecule has 0 saturated carbocycles. The number of halogens is 1. The Hall–Kier alpha value is -3.31. The average molecular weight is 338 g/mol. The van der Waals surface area contributed by atoms with Gasteiger partial charge in [0.2, 0.25) is 5.82 Å². The number of pyridine rings is 1. The standard InChI is InChI=1S/C16H8FN5OS/c17-9-3-1-2-8(6-9)11-10(7-18)13(19)20-14-12(11)15(23)21-16-22(14)4-5-24-16/h1-6H,(H2,19,20,23)/p+1. The first-order valence-corrected chi connectivity index (χ1v) is 7.78. The quantitative estimate of drug-likeness (QED) is 0.518. The van der Waals surface area contributed by atoms with Crippen LogP contribution in [0.1, 0.15) is 5.56 Å². The zero-order valence-electron chi connectivity index (χ0n) is 12.1. The van der Waals surface area contributed by atoms with E-state index >= 15 is 0 Å². The molecule has 116 valence electrons. The van der Waals surface area contributed by atoms with Gasteiger partial charge in [0.25, 0.3) is 10.6 Å². The van der Waals surface area contributed by atoms with Gasteiger partial charge in [0.15, 0.2) is 0 Å². The van der Waals surface area contributed by atoms with Crippen molar-refractivity contribution in [1.29, 1.82) is 5.26 Å². The molecule has 0 unspecified atom stereocenters. The summed E-state index contributed by atoms with van der Waals surface area (Å²) in [6, 6.07) is 7.66. The minimum atomic E-state index is -0.472. The summed E-state index contributed by atoms with van der Waals surface area (Å²) in [5.41, 5.74) is 6.58. The average Bonchev–Trinajstić information content (AvgIpc) is 3.02. The first-order chi connectivity index (χ1) is 11.6. The molecule has 0 atom stereocenters. The summed E-state index contributed by atoms with van der Waals surface area (Å²) >= 11 is 1.34. The van der Waals surface area contributed by atoms with E-state index in [0.717, 1.165) is 0 Å². The summed E-state index contributed by atoms with van der Waals surface area (Å²) in [4.78, 5) is 20.2. The van der Waals surface area contributed by atoms with Crippen molar-refractivity contribution in [3.63, 3.8) is 0 Å². The molecule has 0 aliphatic rings. The van der Waals surface area contributed by atoms with Gasteiger partial charge in [-0.2, -0.15) is 9.66 Å². The molecular formula is C16H9FN5OS+. The molecular weight excluding hydrogens is 329 g/mol. The lowest BCUT2D eigenvalue weighted by Gasteiger charge is -2.07. The summed E-state index contributed by atoms with van der Waals surface area (Å²) in [7, 11) is 0. The maximum atomic E-state index is 13.7. The summed E-state index contributed by atoms with van der Waals surface area (Å²) in [6.45, 7) is 0. The van der Waals surface area contributed by atoms with Crippen LogP contribution in [0.5, 0.6) is 0 Å². The lowest BCUT2D eigenvalue weighted by molar-refractivity contribution is -0.482. The highest BCUT2D eigenvalue weighted by Crippen LogP contribution is 2.31. The van der Waals surface area contributed by atoms with Gasteiger partial charge in [0.1, 0.15) is 22.8 Å². The van der Waals surface area contributed by atoms with Gasteiger partial charge in [-0.15, -0.1) is 0 Å². The van der Waals surface area contributed by atoms with Crippen molar-refractivity contribution < 1.29 is 8.79 Å². The van der Waals surface area contributed by atoms with Gasteiger partial charge in [-0.05, 0) is 17.7 Å². The first kappa shape index (κ1) is 14.3. The number of nitrogens with two attached hydrogens (primary N) is 1. The van der Waals surface area contributed by atoms with E-state index in [-0.39, 0.29) is 22.3 Å². The second kappa shape index (κ2) is 5.11. The summed E-state index contributed by atoms with van der Waals surface area (Å²) < 4.78 is 15.4. The normalized spacial score (nSPS) is 11.0. The zero-order valence-corrected chi connectivity index (χ0v) is 12.9. The summed E-state index contributed by atoms with van der Waals surface area (Å²) in [5, 5.41) is 11.5. The Labute approximate surface area is 138 Å². The molecule has 0 aliphatic heterocycles. The molecule has 1 aromatic carbocycles. The molecule has 8 heteroatoms. The molecule has 4 rings (SSSR count). The minimum absolute atomic E-state index is 0.00476. The van der Waals surface area contributed by atoms with Crippen LogP contribution in [0, 0.1) is 17.1 Å². The maximum Gasteiger partial charge on any atom is 0.319 e. The van der Waals surface area contributed by atoms with Gasteiger partial charge in [0, 0.05) is 10.9 Å². The number of rotatable bonds is 1. The van der Waals surface area contributed by atoms with Crippen molar-refractivity contribution in [2.75, 3.05) is 5.73 Å². The van der Waals surface area contributed by atoms with Crippen LogP contribution in [-0.2, 0) is 0 Å². The molecule has 0 aliphatic carbocycles. The monoisotopic (exact) mass is 338 g/mol.